The molecule has 1 N–H and O–H groups in total. The molecule has 1 fully saturated rings. The Labute approximate surface area is 143 Å². The Morgan fingerprint density at radius 3 is 2.62 bits per heavy atom. The van der Waals surface area contributed by atoms with Gasteiger partial charge in [-0.05, 0) is 73.0 Å². The number of aryl methyl sites for hydroxylation is 2. The summed E-state index contributed by atoms with van der Waals surface area (Å²) < 4.78 is 1.88. The largest absolute Gasteiger partial charge is 0.321 e. The maximum atomic E-state index is 12.3. The lowest BCUT2D eigenvalue weighted by atomic mass is 10.2. The van der Waals surface area contributed by atoms with E-state index >= 15 is 0 Å². The third-order valence-electron chi connectivity index (χ3n) is 4.18. The lowest BCUT2D eigenvalue weighted by Gasteiger charge is -2.06. The smallest absolute Gasteiger partial charge is 0.265 e. The Bertz CT molecular complexity index is 873. The van der Waals surface area contributed by atoms with Crippen molar-refractivity contribution in [1.82, 2.24) is 20.2 Å². The third-order valence-corrected chi connectivity index (χ3v) is 5.33. The number of carbonyl (C=O) groups is 1. The highest BCUT2D eigenvalue weighted by molar-refractivity contribution is 7.14. The van der Waals surface area contributed by atoms with Gasteiger partial charge >= 0.3 is 0 Å². The molecule has 24 heavy (non-hydrogen) atoms. The summed E-state index contributed by atoms with van der Waals surface area (Å²) in [4.78, 5) is 14.2. The van der Waals surface area contributed by atoms with Gasteiger partial charge < -0.3 is 5.32 Å². The molecule has 0 spiro atoms. The van der Waals surface area contributed by atoms with Crippen LogP contribution in [0.1, 0.15) is 39.0 Å². The molecule has 2 aromatic heterocycles. The van der Waals surface area contributed by atoms with Crippen molar-refractivity contribution in [2.45, 2.75) is 32.7 Å². The van der Waals surface area contributed by atoms with Gasteiger partial charge in [0.05, 0.1) is 10.9 Å². The van der Waals surface area contributed by atoms with E-state index < -0.39 is 0 Å². The number of nitrogens with zero attached hydrogens (tertiary/aromatic N) is 4. The molecule has 1 aliphatic carbocycles. The van der Waals surface area contributed by atoms with Gasteiger partial charge in [-0.2, -0.15) is 0 Å². The van der Waals surface area contributed by atoms with Crippen molar-refractivity contribution in [2.24, 2.45) is 0 Å². The molecular formula is C17H17N5OS. The maximum Gasteiger partial charge on any atom is 0.265 e. The highest BCUT2D eigenvalue weighted by atomic mass is 32.1. The second-order valence-electron chi connectivity index (χ2n) is 6.06. The predicted octanol–water partition coefficient (Wildman–Crippen LogP) is 3.61. The van der Waals surface area contributed by atoms with E-state index in [0.29, 0.717) is 6.04 Å². The van der Waals surface area contributed by atoms with Crippen LogP contribution in [0.4, 0.5) is 5.69 Å². The van der Waals surface area contributed by atoms with E-state index in [2.05, 4.69) is 20.8 Å². The van der Waals surface area contributed by atoms with E-state index in [1.165, 1.54) is 16.2 Å². The fourth-order valence-electron chi connectivity index (χ4n) is 2.53. The topological polar surface area (TPSA) is 72.7 Å². The van der Waals surface area contributed by atoms with Crippen molar-refractivity contribution in [3.8, 4) is 11.4 Å². The molecule has 0 bridgehead atoms. The van der Waals surface area contributed by atoms with Crippen LogP contribution in [-0.2, 0) is 0 Å². The lowest BCUT2D eigenvalue weighted by Crippen LogP contribution is -2.10. The molecular weight excluding hydrogens is 322 g/mol. The molecule has 0 aliphatic heterocycles. The first kappa shape index (κ1) is 15.0. The normalized spacial score (nSPS) is 13.9. The van der Waals surface area contributed by atoms with E-state index in [9.17, 15) is 4.79 Å². The standard InChI is InChI=1S/C17H17N5OS/c1-10-9-15(24-11(10)2)17(23)18-13-5-3-12(4-6-13)16-19-20-21-22(16)14-7-8-14/h3-6,9,14H,7-8H2,1-2H3,(H,18,23). The predicted molar refractivity (Wildman–Crippen MR) is 93.3 cm³/mol. The number of benzene rings is 1. The van der Waals surface area contributed by atoms with Crippen molar-refractivity contribution in [3.05, 3.63) is 45.6 Å². The molecule has 7 heteroatoms. The lowest BCUT2D eigenvalue weighted by molar-refractivity contribution is 0.103. The Morgan fingerprint density at radius 2 is 2.00 bits per heavy atom. The molecule has 2 heterocycles. The van der Waals surface area contributed by atoms with Gasteiger partial charge in [-0.3, -0.25) is 4.79 Å². The number of carbonyl (C=O) groups excluding carboxylic acids is 1. The summed E-state index contributed by atoms with van der Waals surface area (Å²) in [6.07, 6.45) is 2.26. The quantitative estimate of drug-likeness (QED) is 0.788. The number of tetrazole rings is 1. The number of anilines is 1. The van der Waals surface area contributed by atoms with E-state index in [1.807, 2.05) is 48.9 Å². The molecule has 4 rings (SSSR count). The molecule has 122 valence electrons. The number of amides is 1. The summed E-state index contributed by atoms with van der Waals surface area (Å²) in [5.74, 6) is 0.701. The van der Waals surface area contributed by atoms with Gasteiger partial charge in [0.25, 0.3) is 5.91 Å². The van der Waals surface area contributed by atoms with Crippen LogP contribution in [0.5, 0.6) is 0 Å². The Hall–Kier alpha value is -2.54. The third kappa shape index (κ3) is 2.82. The minimum Gasteiger partial charge on any atom is -0.321 e. The summed E-state index contributed by atoms with van der Waals surface area (Å²) in [7, 11) is 0. The number of rotatable bonds is 4. The van der Waals surface area contributed by atoms with E-state index in [1.54, 1.807) is 0 Å². The molecule has 1 aromatic carbocycles. The van der Waals surface area contributed by atoms with E-state index in [0.717, 1.165) is 40.4 Å². The summed E-state index contributed by atoms with van der Waals surface area (Å²) >= 11 is 1.51. The summed E-state index contributed by atoms with van der Waals surface area (Å²) in [6, 6.07) is 9.99. The van der Waals surface area contributed by atoms with Crippen LogP contribution in [0.2, 0.25) is 0 Å². The number of thiophene rings is 1. The van der Waals surface area contributed by atoms with Crippen LogP contribution in [0.25, 0.3) is 11.4 Å². The van der Waals surface area contributed by atoms with Gasteiger partial charge in [0.2, 0.25) is 0 Å². The van der Waals surface area contributed by atoms with Crippen LogP contribution < -0.4 is 5.32 Å². The molecule has 6 nitrogen and oxygen atoms in total. The first-order chi connectivity index (χ1) is 11.6. The molecule has 0 atom stereocenters. The average Bonchev–Trinajstić information content (AvgIpc) is 3.21. The van der Waals surface area contributed by atoms with Crippen LogP contribution in [0.15, 0.2) is 30.3 Å². The zero-order valence-corrected chi connectivity index (χ0v) is 14.3. The molecule has 1 aliphatic rings. The zero-order chi connectivity index (χ0) is 16.7. The van der Waals surface area contributed by atoms with Gasteiger partial charge in [-0.1, -0.05) is 0 Å². The van der Waals surface area contributed by atoms with Crippen molar-refractivity contribution in [2.75, 3.05) is 5.32 Å². The summed E-state index contributed by atoms with van der Waals surface area (Å²) in [6.45, 7) is 4.04. The van der Waals surface area contributed by atoms with Crippen LogP contribution >= 0.6 is 11.3 Å². The SMILES string of the molecule is Cc1cc(C(=O)Nc2ccc(-c3nnnn3C3CC3)cc2)sc1C. The van der Waals surface area contributed by atoms with Gasteiger partial charge in [-0.25, -0.2) is 4.68 Å². The second kappa shape index (κ2) is 5.83. The fourth-order valence-corrected chi connectivity index (χ4v) is 3.46. The van der Waals surface area contributed by atoms with Gasteiger partial charge in [-0.15, -0.1) is 16.4 Å². The van der Waals surface area contributed by atoms with Crippen molar-refractivity contribution >= 4 is 22.9 Å². The number of aromatic nitrogens is 4. The molecule has 0 saturated heterocycles. The van der Waals surface area contributed by atoms with Crippen molar-refractivity contribution in [3.63, 3.8) is 0 Å². The van der Waals surface area contributed by atoms with Crippen LogP contribution in [-0.4, -0.2) is 26.1 Å². The van der Waals surface area contributed by atoms with Gasteiger partial charge in [0.1, 0.15) is 0 Å². The molecule has 0 radical (unpaired) electrons. The van der Waals surface area contributed by atoms with Gasteiger partial charge in [0, 0.05) is 16.1 Å². The van der Waals surface area contributed by atoms with Crippen LogP contribution in [0, 0.1) is 13.8 Å². The number of nitrogens with one attached hydrogen (secondary N) is 1. The Morgan fingerprint density at radius 1 is 1.25 bits per heavy atom. The molecule has 1 amide bonds. The number of hydrogen-bond donors (Lipinski definition) is 1. The first-order valence-electron chi connectivity index (χ1n) is 7.88. The Kier molecular flexibility index (Phi) is 3.65. The maximum absolute atomic E-state index is 12.3. The summed E-state index contributed by atoms with van der Waals surface area (Å²) in [5.41, 5.74) is 2.86. The van der Waals surface area contributed by atoms with Crippen molar-refractivity contribution < 1.29 is 4.79 Å². The van der Waals surface area contributed by atoms with E-state index in [4.69, 9.17) is 0 Å². The van der Waals surface area contributed by atoms with Crippen LogP contribution in [0.3, 0.4) is 0 Å². The molecule has 0 unspecified atom stereocenters. The van der Waals surface area contributed by atoms with Crippen molar-refractivity contribution in [1.29, 1.82) is 0 Å². The fraction of sp³-hybridized carbons (Fsp3) is 0.294. The number of hydrogen-bond acceptors (Lipinski definition) is 5. The minimum atomic E-state index is -0.0771. The van der Waals surface area contributed by atoms with E-state index in [-0.39, 0.29) is 5.91 Å². The zero-order valence-electron chi connectivity index (χ0n) is 13.5. The van der Waals surface area contributed by atoms with Gasteiger partial charge in [0.15, 0.2) is 5.82 Å². The average molecular weight is 339 g/mol. The molecule has 3 aromatic rings. The summed E-state index contributed by atoms with van der Waals surface area (Å²) in [5, 5.41) is 14.9. The monoisotopic (exact) mass is 339 g/mol. The second-order valence-corrected chi connectivity index (χ2v) is 7.32. The highest BCUT2D eigenvalue weighted by Gasteiger charge is 2.28. The molecule has 1 saturated carbocycles. The minimum absolute atomic E-state index is 0.0771. The highest BCUT2D eigenvalue weighted by Crippen LogP contribution is 2.36. The first-order valence-corrected chi connectivity index (χ1v) is 8.70. The Balaban J connectivity index is 1.51.